The van der Waals surface area contributed by atoms with Crippen LogP contribution in [0.15, 0.2) is 23.1 Å². The van der Waals surface area contributed by atoms with Crippen LogP contribution in [-0.4, -0.2) is 57.2 Å². The fourth-order valence-electron chi connectivity index (χ4n) is 3.63. The molecule has 0 unspecified atom stereocenters. The number of rotatable bonds is 4. The van der Waals surface area contributed by atoms with Gasteiger partial charge in [0, 0.05) is 51.0 Å². The van der Waals surface area contributed by atoms with Gasteiger partial charge >= 0.3 is 0 Å². The molecule has 2 fully saturated rings. The van der Waals surface area contributed by atoms with Crippen LogP contribution in [0.1, 0.15) is 53.8 Å². The summed E-state index contributed by atoms with van der Waals surface area (Å²) >= 11 is 0. The lowest BCUT2D eigenvalue weighted by Gasteiger charge is -2.31. The summed E-state index contributed by atoms with van der Waals surface area (Å²) in [5.41, 5.74) is 0.406. The van der Waals surface area contributed by atoms with Crippen molar-refractivity contribution >= 4 is 5.91 Å². The lowest BCUT2D eigenvalue weighted by Crippen LogP contribution is -2.39. The third kappa shape index (κ3) is 3.90. The number of carbonyl (C=O) groups excluding carboxylic acids is 1. The van der Waals surface area contributed by atoms with E-state index in [0.717, 1.165) is 64.2 Å². The zero-order valence-corrected chi connectivity index (χ0v) is 14.7. The van der Waals surface area contributed by atoms with Crippen molar-refractivity contribution in [1.82, 2.24) is 25.0 Å². The van der Waals surface area contributed by atoms with Crippen molar-refractivity contribution in [2.75, 3.05) is 26.3 Å². The quantitative estimate of drug-likeness (QED) is 0.824. The molecule has 2 saturated heterocycles. The number of nitrogens with zero attached hydrogens (tertiary/aromatic N) is 5. The molecule has 26 heavy (non-hydrogen) atoms. The molecule has 0 atom stereocenters. The minimum atomic E-state index is -0.0452. The molecule has 2 aliphatic rings. The molecule has 0 saturated carbocycles. The molecule has 0 spiro atoms. The highest BCUT2D eigenvalue weighted by molar-refractivity contribution is 5.91. The van der Waals surface area contributed by atoms with E-state index in [4.69, 9.17) is 9.26 Å². The molecule has 2 aliphatic heterocycles. The van der Waals surface area contributed by atoms with Gasteiger partial charge < -0.3 is 14.2 Å². The Kier molecular flexibility index (Phi) is 5.19. The second kappa shape index (κ2) is 7.90. The van der Waals surface area contributed by atoms with Crippen LogP contribution in [0.2, 0.25) is 0 Å². The lowest BCUT2D eigenvalue weighted by atomic mass is 9.93. The smallest absolute Gasteiger partial charge is 0.274 e. The number of hydrogen-bond acceptors (Lipinski definition) is 7. The van der Waals surface area contributed by atoms with Crippen molar-refractivity contribution in [3.05, 3.63) is 36.0 Å². The Hall–Kier alpha value is -2.35. The Bertz CT molecular complexity index is 721. The van der Waals surface area contributed by atoms with Crippen LogP contribution < -0.4 is 0 Å². The third-order valence-electron chi connectivity index (χ3n) is 5.22. The van der Waals surface area contributed by atoms with E-state index in [0.29, 0.717) is 23.4 Å². The molecule has 0 aliphatic carbocycles. The van der Waals surface area contributed by atoms with Gasteiger partial charge in [-0.3, -0.25) is 9.78 Å². The average molecular weight is 357 g/mol. The molecule has 8 nitrogen and oxygen atoms in total. The molecule has 0 aromatic carbocycles. The van der Waals surface area contributed by atoms with Crippen molar-refractivity contribution < 1.29 is 14.1 Å². The van der Waals surface area contributed by atoms with Crippen LogP contribution >= 0.6 is 0 Å². The first-order valence-electron chi connectivity index (χ1n) is 9.25. The summed E-state index contributed by atoms with van der Waals surface area (Å²) < 4.78 is 10.8. The van der Waals surface area contributed by atoms with Gasteiger partial charge in [-0.25, -0.2) is 4.98 Å². The van der Waals surface area contributed by atoms with Crippen molar-refractivity contribution in [3.8, 4) is 0 Å². The van der Waals surface area contributed by atoms with Gasteiger partial charge in [-0.15, -0.1) is 0 Å². The van der Waals surface area contributed by atoms with E-state index in [-0.39, 0.29) is 5.91 Å². The van der Waals surface area contributed by atoms with Crippen molar-refractivity contribution in [2.45, 2.75) is 38.0 Å². The number of aromatic nitrogens is 4. The maximum Gasteiger partial charge on any atom is 0.274 e. The van der Waals surface area contributed by atoms with Crippen LogP contribution in [0.25, 0.3) is 0 Å². The number of hydrogen-bond donors (Lipinski definition) is 0. The maximum atomic E-state index is 12.4. The SMILES string of the molecule is O=C(c1cnccn1)N1CCC(Cc2nc(C3CCOCC3)no2)CC1. The highest BCUT2D eigenvalue weighted by Crippen LogP contribution is 2.26. The number of carbonyl (C=O) groups is 1. The minimum absolute atomic E-state index is 0.0452. The van der Waals surface area contributed by atoms with Gasteiger partial charge in [0.2, 0.25) is 5.89 Å². The predicted octanol–water partition coefficient (Wildman–Crippen LogP) is 1.85. The van der Waals surface area contributed by atoms with Crippen LogP contribution in [0.4, 0.5) is 0 Å². The normalized spacial score (nSPS) is 19.6. The molecular weight excluding hydrogens is 334 g/mol. The first-order valence-corrected chi connectivity index (χ1v) is 9.25. The van der Waals surface area contributed by atoms with Gasteiger partial charge in [-0.05, 0) is 31.6 Å². The largest absolute Gasteiger partial charge is 0.381 e. The minimum Gasteiger partial charge on any atom is -0.381 e. The van der Waals surface area contributed by atoms with Crippen LogP contribution in [-0.2, 0) is 11.2 Å². The highest BCUT2D eigenvalue weighted by atomic mass is 16.5. The van der Waals surface area contributed by atoms with E-state index < -0.39 is 0 Å². The standard InChI is InChI=1S/C18H23N5O3/c24-18(15-12-19-5-6-20-15)23-7-1-13(2-8-23)11-16-21-17(22-26-16)14-3-9-25-10-4-14/h5-6,12-14H,1-4,7-11H2. The first kappa shape index (κ1) is 17.1. The summed E-state index contributed by atoms with van der Waals surface area (Å²) in [7, 11) is 0. The Morgan fingerprint density at radius 3 is 2.69 bits per heavy atom. The van der Waals surface area contributed by atoms with Crippen molar-refractivity contribution in [3.63, 3.8) is 0 Å². The second-order valence-electron chi connectivity index (χ2n) is 6.96. The van der Waals surface area contributed by atoms with Gasteiger partial charge in [0.05, 0.1) is 6.20 Å². The molecule has 1 amide bonds. The molecule has 4 heterocycles. The van der Waals surface area contributed by atoms with E-state index in [1.807, 2.05) is 4.90 Å². The van der Waals surface area contributed by atoms with E-state index in [1.165, 1.54) is 6.20 Å². The number of likely N-dealkylation sites (tertiary alicyclic amines) is 1. The molecule has 4 rings (SSSR count). The molecule has 138 valence electrons. The summed E-state index contributed by atoms with van der Waals surface area (Å²) in [5, 5.41) is 4.17. The molecule has 2 aromatic heterocycles. The lowest BCUT2D eigenvalue weighted by molar-refractivity contribution is 0.0681. The summed E-state index contributed by atoms with van der Waals surface area (Å²) in [6, 6.07) is 0. The maximum absolute atomic E-state index is 12.4. The molecule has 0 N–H and O–H groups in total. The predicted molar refractivity (Wildman–Crippen MR) is 91.5 cm³/mol. The molecule has 0 radical (unpaired) electrons. The molecular formula is C18H23N5O3. The average Bonchev–Trinajstić information content (AvgIpc) is 3.18. The van der Waals surface area contributed by atoms with Gasteiger partial charge in [0.1, 0.15) is 5.69 Å². The van der Waals surface area contributed by atoms with Crippen LogP contribution in [0, 0.1) is 5.92 Å². The van der Waals surface area contributed by atoms with E-state index >= 15 is 0 Å². The topological polar surface area (TPSA) is 94.2 Å². The molecule has 0 bridgehead atoms. The third-order valence-corrected chi connectivity index (χ3v) is 5.22. The Labute approximate surface area is 152 Å². The van der Waals surface area contributed by atoms with Crippen LogP contribution in [0.5, 0.6) is 0 Å². The Morgan fingerprint density at radius 1 is 1.15 bits per heavy atom. The first-order chi connectivity index (χ1) is 12.8. The summed E-state index contributed by atoms with van der Waals surface area (Å²) in [6.07, 6.45) is 9.20. The number of ether oxygens (including phenoxy) is 1. The second-order valence-corrected chi connectivity index (χ2v) is 6.96. The Balaban J connectivity index is 1.29. The van der Waals surface area contributed by atoms with Gasteiger partial charge in [-0.2, -0.15) is 4.98 Å². The van der Waals surface area contributed by atoms with E-state index in [1.54, 1.807) is 12.4 Å². The summed E-state index contributed by atoms with van der Waals surface area (Å²) in [4.78, 5) is 26.9. The molecule has 2 aromatic rings. The van der Waals surface area contributed by atoms with E-state index in [9.17, 15) is 4.79 Å². The fourth-order valence-corrected chi connectivity index (χ4v) is 3.63. The van der Waals surface area contributed by atoms with Gasteiger partial charge in [0.15, 0.2) is 5.82 Å². The highest BCUT2D eigenvalue weighted by Gasteiger charge is 2.27. The van der Waals surface area contributed by atoms with Crippen molar-refractivity contribution in [1.29, 1.82) is 0 Å². The fraction of sp³-hybridized carbons (Fsp3) is 0.611. The zero-order chi connectivity index (χ0) is 17.8. The zero-order valence-electron chi connectivity index (χ0n) is 14.7. The van der Waals surface area contributed by atoms with Crippen molar-refractivity contribution in [2.24, 2.45) is 5.92 Å². The molecule has 8 heteroatoms. The Morgan fingerprint density at radius 2 is 1.96 bits per heavy atom. The van der Waals surface area contributed by atoms with Crippen LogP contribution in [0.3, 0.4) is 0 Å². The van der Waals surface area contributed by atoms with Gasteiger partial charge in [0.25, 0.3) is 5.91 Å². The van der Waals surface area contributed by atoms with E-state index in [2.05, 4.69) is 20.1 Å². The number of piperidine rings is 1. The number of amides is 1. The monoisotopic (exact) mass is 357 g/mol. The summed E-state index contributed by atoms with van der Waals surface area (Å²) in [5.74, 6) is 2.30. The van der Waals surface area contributed by atoms with Gasteiger partial charge in [-0.1, -0.05) is 5.16 Å². The summed E-state index contributed by atoms with van der Waals surface area (Å²) in [6.45, 7) is 2.99.